The number of rotatable bonds is 4. The molecule has 0 unspecified atom stereocenters. The maximum Gasteiger partial charge on any atom is 0.240 e. The third kappa shape index (κ3) is 2.91. The van der Waals surface area contributed by atoms with E-state index in [-0.39, 0.29) is 4.90 Å². The number of sulfonamides is 1. The van der Waals surface area contributed by atoms with E-state index in [0.717, 1.165) is 5.82 Å². The normalized spacial score (nSPS) is 11.6. The lowest BCUT2D eigenvalue weighted by Crippen LogP contribution is -2.23. The second-order valence-corrected chi connectivity index (χ2v) is 6.11. The van der Waals surface area contributed by atoms with Crippen LogP contribution < -0.4 is 15.8 Å². The molecular weight excluding hydrogens is 278 g/mol. The minimum Gasteiger partial charge on any atom is -0.399 e. The summed E-state index contributed by atoms with van der Waals surface area (Å²) in [5, 5.41) is 5.24. The Morgan fingerprint density at radius 2 is 2.10 bits per heavy atom. The zero-order valence-electron chi connectivity index (χ0n) is 11.3. The van der Waals surface area contributed by atoms with Crippen LogP contribution in [0.2, 0.25) is 0 Å². The van der Waals surface area contributed by atoms with Gasteiger partial charge in [0.2, 0.25) is 10.0 Å². The van der Waals surface area contributed by atoms with Crippen molar-refractivity contribution in [2.24, 2.45) is 12.2 Å². The molecule has 20 heavy (non-hydrogen) atoms. The molecule has 0 saturated carbocycles. The van der Waals surface area contributed by atoms with Gasteiger partial charge in [0.1, 0.15) is 10.7 Å². The van der Waals surface area contributed by atoms with Gasteiger partial charge in [-0.1, -0.05) is 0 Å². The van der Waals surface area contributed by atoms with Crippen molar-refractivity contribution in [1.82, 2.24) is 9.55 Å². The summed E-state index contributed by atoms with van der Waals surface area (Å²) in [5.41, 5.74) is 6.47. The molecule has 0 bridgehead atoms. The van der Waals surface area contributed by atoms with E-state index < -0.39 is 10.0 Å². The van der Waals surface area contributed by atoms with Gasteiger partial charge in [0.15, 0.2) is 0 Å². The third-order valence-electron chi connectivity index (χ3n) is 3.00. The number of nitrogen functional groups attached to an aromatic ring is 1. The molecule has 0 aliphatic heterocycles. The van der Waals surface area contributed by atoms with E-state index in [4.69, 9.17) is 10.9 Å². The van der Waals surface area contributed by atoms with Crippen molar-refractivity contribution < 1.29 is 8.42 Å². The highest BCUT2D eigenvalue weighted by atomic mass is 32.2. The van der Waals surface area contributed by atoms with Crippen LogP contribution in [-0.4, -0.2) is 25.0 Å². The Bertz CT molecular complexity index is 723. The molecule has 0 amide bonds. The van der Waals surface area contributed by atoms with E-state index in [1.165, 1.54) is 6.07 Å². The highest BCUT2D eigenvalue weighted by Crippen LogP contribution is 2.26. The van der Waals surface area contributed by atoms with Gasteiger partial charge in [0.25, 0.3) is 0 Å². The Kier molecular flexibility index (Phi) is 3.69. The topological polar surface area (TPSA) is 107 Å². The molecule has 0 radical (unpaired) electrons. The number of primary sulfonamides is 1. The summed E-state index contributed by atoms with van der Waals surface area (Å²) in [6, 6.07) is 4.64. The fourth-order valence-corrected chi connectivity index (χ4v) is 2.74. The molecule has 2 rings (SSSR count). The average molecular weight is 295 g/mol. The number of nitrogens with two attached hydrogens (primary N) is 2. The van der Waals surface area contributed by atoms with Gasteiger partial charge in [-0.25, -0.2) is 18.5 Å². The molecule has 108 valence electrons. The molecule has 7 nitrogen and oxygen atoms in total. The lowest BCUT2D eigenvalue weighted by atomic mass is 10.2. The van der Waals surface area contributed by atoms with Gasteiger partial charge in [-0.3, -0.25) is 0 Å². The van der Waals surface area contributed by atoms with Crippen LogP contribution in [0.4, 0.5) is 11.4 Å². The number of anilines is 2. The molecule has 0 aliphatic rings. The van der Waals surface area contributed by atoms with Crippen molar-refractivity contribution in [3.05, 3.63) is 36.4 Å². The zero-order chi connectivity index (χ0) is 14.9. The number of benzene rings is 1. The fraction of sp³-hybridized carbons (Fsp3) is 0.250. The molecule has 0 fully saturated rings. The van der Waals surface area contributed by atoms with Crippen LogP contribution in [0.15, 0.2) is 35.5 Å². The Morgan fingerprint density at radius 1 is 1.40 bits per heavy atom. The first-order chi connectivity index (χ1) is 9.29. The maximum atomic E-state index is 11.7. The van der Waals surface area contributed by atoms with Crippen molar-refractivity contribution in [2.75, 3.05) is 17.7 Å². The minimum atomic E-state index is -3.84. The molecule has 1 aromatic heterocycles. The van der Waals surface area contributed by atoms with E-state index in [0.29, 0.717) is 17.9 Å². The summed E-state index contributed by atoms with van der Waals surface area (Å²) in [6.45, 7) is 0.454. The second kappa shape index (κ2) is 5.14. The number of hydrogen-bond acceptors (Lipinski definition) is 5. The molecule has 0 saturated heterocycles. The van der Waals surface area contributed by atoms with Gasteiger partial charge in [0, 0.05) is 32.2 Å². The Hall–Kier alpha value is -2.06. The standard InChI is InChI=1S/C12H17N5O2S/c1-16-6-5-15-12(16)8-17(2)10-4-3-9(13)7-11(10)20(14,18)19/h3-7H,8,13H2,1-2H3,(H2,14,18,19). The van der Waals surface area contributed by atoms with Crippen LogP contribution in [0.3, 0.4) is 0 Å². The van der Waals surface area contributed by atoms with Crippen LogP contribution in [0, 0.1) is 0 Å². The number of imidazole rings is 1. The van der Waals surface area contributed by atoms with Crippen molar-refractivity contribution in [1.29, 1.82) is 0 Å². The maximum absolute atomic E-state index is 11.7. The van der Waals surface area contributed by atoms with E-state index in [1.807, 2.05) is 17.8 Å². The predicted octanol–water partition coefficient (Wildman–Crippen LogP) is 0.286. The van der Waals surface area contributed by atoms with Crippen LogP contribution in [0.25, 0.3) is 0 Å². The summed E-state index contributed by atoms with van der Waals surface area (Å²) in [6.07, 6.45) is 3.51. The van der Waals surface area contributed by atoms with Crippen molar-refractivity contribution in [2.45, 2.75) is 11.4 Å². The van der Waals surface area contributed by atoms with Crippen molar-refractivity contribution >= 4 is 21.4 Å². The first kappa shape index (κ1) is 14.4. The average Bonchev–Trinajstić information content (AvgIpc) is 2.73. The smallest absolute Gasteiger partial charge is 0.240 e. The van der Waals surface area contributed by atoms with E-state index in [9.17, 15) is 8.42 Å². The Balaban J connectivity index is 2.40. The summed E-state index contributed by atoms with van der Waals surface area (Å²) >= 11 is 0. The summed E-state index contributed by atoms with van der Waals surface area (Å²) in [4.78, 5) is 5.98. The lowest BCUT2D eigenvalue weighted by Gasteiger charge is -2.21. The van der Waals surface area contributed by atoms with Crippen molar-refractivity contribution in [3.63, 3.8) is 0 Å². The van der Waals surface area contributed by atoms with Crippen LogP contribution in [0.1, 0.15) is 5.82 Å². The summed E-state index contributed by atoms with van der Waals surface area (Å²) in [7, 11) is -0.191. The summed E-state index contributed by atoms with van der Waals surface area (Å²) < 4.78 is 25.2. The van der Waals surface area contributed by atoms with Gasteiger partial charge >= 0.3 is 0 Å². The van der Waals surface area contributed by atoms with E-state index in [2.05, 4.69) is 4.98 Å². The fourth-order valence-electron chi connectivity index (χ4n) is 1.92. The van der Waals surface area contributed by atoms with Crippen molar-refractivity contribution in [3.8, 4) is 0 Å². The van der Waals surface area contributed by atoms with Gasteiger partial charge in [0.05, 0.1) is 12.2 Å². The predicted molar refractivity (Wildman–Crippen MR) is 77.5 cm³/mol. The lowest BCUT2D eigenvalue weighted by molar-refractivity contribution is 0.597. The molecule has 8 heteroatoms. The van der Waals surface area contributed by atoms with Gasteiger partial charge in [-0.05, 0) is 18.2 Å². The molecular formula is C12H17N5O2S. The minimum absolute atomic E-state index is 0.00853. The summed E-state index contributed by atoms with van der Waals surface area (Å²) in [5.74, 6) is 0.810. The van der Waals surface area contributed by atoms with Crippen LogP contribution >= 0.6 is 0 Å². The molecule has 0 atom stereocenters. The number of aryl methyl sites for hydroxylation is 1. The van der Waals surface area contributed by atoms with Gasteiger partial charge in [-0.2, -0.15) is 0 Å². The van der Waals surface area contributed by atoms with E-state index >= 15 is 0 Å². The monoisotopic (exact) mass is 295 g/mol. The zero-order valence-corrected chi connectivity index (χ0v) is 12.1. The highest BCUT2D eigenvalue weighted by molar-refractivity contribution is 7.89. The first-order valence-electron chi connectivity index (χ1n) is 5.88. The highest BCUT2D eigenvalue weighted by Gasteiger charge is 2.18. The van der Waals surface area contributed by atoms with E-state index in [1.54, 1.807) is 30.3 Å². The number of hydrogen-bond donors (Lipinski definition) is 2. The Morgan fingerprint density at radius 3 is 2.65 bits per heavy atom. The molecule has 1 heterocycles. The molecule has 1 aromatic carbocycles. The molecule has 4 N–H and O–H groups in total. The van der Waals surface area contributed by atoms with Gasteiger partial charge in [-0.15, -0.1) is 0 Å². The quantitative estimate of drug-likeness (QED) is 0.788. The Labute approximate surface area is 117 Å². The largest absolute Gasteiger partial charge is 0.399 e. The number of aromatic nitrogens is 2. The molecule has 2 aromatic rings. The van der Waals surface area contributed by atoms with Gasteiger partial charge < -0.3 is 15.2 Å². The number of nitrogens with zero attached hydrogens (tertiary/aromatic N) is 3. The molecule has 0 spiro atoms. The first-order valence-corrected chi connectivity index (χ1v) is 7.43. The van der Waals surface area contributed by atoms with Crippen LogP contribution in [0.5, 0.6) is 0 Å². The third-order valence-corrected chi connectivity index (χ3v) is 3.94. The second-order valence-electron chi connectivity index (χ2n) is 4.58. The molecule has 0 aliphatic carbocycles. The van der Waals surface area contributed by atoms with Crippen LogP contribution in [-0.2, 0) is 23.6 Å². The SMILES string of the molecule is CN(Cc1nccn1C)c1ccc(N)cc1S(N)(=O)=O.